The number of ether oxygens (including phenoxy) is 1. The van der Waals surface area contributed by atoms with Gasteiger partial charge in [0.2, 0.25) is 0 Å². The number of aliphatic carboxylic acids is 1. The van der Waals surface area contributed by atoms with Gasteiger partial charge in [-0.1, -0.05) is 29.3 Å². The van der Waals surface area contributed by atoms with Crippen molar-refractivity contribution in [2.45, 2.75) is 13.0 Å². The number of hydrogen-bond acceptors (Lipinski definition) is 4. The fourth-order valence-electron chi connectivity index (χ4n) is 1.66. The smallest absolute Gasteiger partial charge is 0.344 e. The van der Waals surface area contributed by atoms with Crippen molar-refractivity contribution < 1.29 is 19.7 Å². The van der Waals surface area contributed by atoms with Crippen molar-refractivity contribution in [2.24, 2.45) is 0 Å². The Morgan fingerprint density at radius 3 is 2.71 bits per heavy atom. The molecule has 0 aliphatic carbocycles. The number of hydrogen-bond donors (Lipinski definition) is 2. The first-order chi connectivity index (χ1) is 9.90. The summed E-state index contributed by atoms with van der Waals surface area (Å²) >= 11 is 11.8. The van der Waals surface area contributed by atoms with Crippen LogP contribution in [0, 0.1) is 0 Å². The molecular weight excluding hydrogens is 317 g/mol. The molecule has 0 aliphatic rings. The average Bonchev–Trinajstić information content (AvgIpc) is 2.41. The molecule has 2 N–H and O–H groups in total. The van der Waals surface area contributed by atoms with Crippen LogP contribution in [0.1, 0.15) is 6.92 Å². The summed E-state index contributed by atoms with van der Waals surface area (Å²) in [6.45, 7) is 1.36. The van der Waals surface area contributed by atoms with Gasteiger partial charge in [0.1, 0.15) is 0 Å². The minimum absolute atomic E-state index is 0.0372. The molecule has 0 radical (unpaired) electrons. The summed E-state index contributed by atoms with van der Waals surface area (Å²) in [5.41, 5.74) is 0.652. The Hall–Kier alpha value is -1.98. The molecule has 0 spiro atoms. The molecule has 1 atom stereocenters. The zero-order chi connectivity index (χ0) is 15.6. The number of phenolic OH excluding ortho intramolecular Hbond substituents is 1. The molecule has 2 aromatic rings. The third-order valence-electron chi connectivity index (χ3n) is 2.71. The maximum atomic E-state index is 10.8. The maximum Gasteiger partial charge on any atom is 0.344 e. The van der Waals surface area contributed by atoms with Crippen LogP contribution in [0.5, 0.6) is 11.5 Å². The number of aromatic hydroxyl groups is 1. The van der Waals surface area contributed by atoms with Crippen molar-refractivity contribution in [3.05, 3.63) is 40.5 Å². The normalized spacial score (nSPS) is 12.0. The van der Waals surface area contributed by atoms with Crippen LogP contribution in [0.4, 0.5) is 0 Å². The first-order valence-corrected chi connectivity index (χ1v) is 6.68. The summed E-state index contributed by atoms with van der Waals surface area (Å²) in [6.07, 6.45) is 0.301. The second-order valence-corrected chi connectivity index (χ2v) is 5.08. The van der Waals surface area contributed by atoms with Crippen LogP contribution >= 0.6 is 23.2 Å². The van der Waals surface area contributed by atoms with Gasteiger partial charge in [-0.25, -0.2) is 4.79 Å². The molecule has 0 bridgehead atoms. The first kappa shape index (κ1) is 15.4. The number of carbonyl (C=O) groups is 1. The van der Waals surface area contributed by atoms with E-state index in [4.69, 9.17) is 33.0 Å². The van der Waals surface area contributed by atoms with E-state index in [-0.39, 0.29) is 16.5 Å². The zero-order valence-electron chi connectivity index (χ0n) is 10.9. The second-order valence-electron chi connectivity index (χ2n) is 4.23. The summed E-state index contributed by atoms with van der Waals surface area (Å²) in [6, 6.07) is 6.15. The van der Waals surface area contributed by atoms with Gasteiger partial charge in [-0.3, -0.25) is 4.98 Å². The molecule has 0 saturated heterocycles. The fraction of sp³-hybridized carbons (Fsp3) is 0.143. The van der Waals surface area contributed by atoms with Gasteiger partial charge in [0, 0.05) is 11.8 Å². The van der Waals surface area contributed by atoms with E-state index >= 15 is 0 Å². The number of halogens is 2. The molecule has 7 heteroatoms. The fourth-order valence-corrected chi connectivity index (χ4v) is 2.14. The number of para-hydroxylation sites is 1. The summed E-state index contributed by atoms with van der Waals surface area (Å²) in [4.78, 5) is 14.9. The Balaban J connectivity index is 2.44. The molecule has 1 heterocycles. The van der Waals surface area contributed by atoms with Crippen LogP contribution in [0.2, 0.25) is 10.0 Å². The molecule has 21 heavy (non-hydrogen) atoms. The zero-order valence-corrected chi connectivity index (χ0v) is 12.4. The average molecular weight is 328 g/mol. The third kappa shape index (κ3) is 3.37. The van der Waals surface area contributed by atoms with E-state index in [1.54, 1.807) is 12.1 Å². The molecule has 1 unspecified atom stereocenters. The Morgan fingerprint density at radius 2 is 2.10 bits per heavy atom. The molecule has 110 valence electrons. The largest absolute Gasteiger partial charge is 0.504 e. The van der Waals surface area contributed by atoms with Gasteiger partial charge in [-0.2, -0.15) is 0 Å². The van der Waals surface area contributed by atoms with E-state index in [1.807, 2.05) is 0 Å². The SMILES string of the molecule is CC(Oc1cccc(-c2ncc(Cl)cc2Cl)c1O)C(=O)O. The number of phenols is 1. The quantitative estimate of drug-likeness (QED) is 0.896. The van der Waals surface area contributed by atoms with Crippen molar-refractivity contribution in [3.63, 3.8) is 0 Å². The topological polar surface area (TPSA) is 79.7 Å². The Bertz CT molecular complexity index is 691. The predicted molar refractivity (Wildman–Crippen MR) is 79.1 cm³/mol. The minimum atomic E-state index is -1.14. The van der Waals surface area contributed by atoms with Crippen LogP contribution in [0.25, 0.3) is 11.3 Å². The van der Waals surface area contributed by atoms with Gasteiger partial charge in [0.25, 0.3) is 0 Å². The van der Waals surface area contributed by atoms with Gasteiger partial charge in [-0.15, -0.1) is 0 Å². The van der Waals surface area contributed by atoms with Gasteiger partial charge >= 0.3 is 5.97 Å². The Kier molecular flexibility index (Phi) is 4.55. The molecular formula is C14H11Cl2NO4. The van der Waals surface area contributed by atoms with E-state index in [1.165, 1.54) is 25.3 Å². The van der Waals surface area contributed by atoms with Crippen molar-refractivity contribution >= 4 is 29.2 Å². The van der Waals surface area contributed by atoms with E-state index in [2.05, 4.69) is 4.98 Å². The van der Waals surface area contributed by atoms with E-state index < -0.39 is 12.1 Å². The Morgan fingerprint density at radius 1 is 1.38 bits per heavy atom. The number of carboxylic acid groups (broad SMARTS) is 1. The summed E-state index contributed by atoms with van der Waals surface area (Å²) in [5, 5.41) is 19.7. The number of rotatable bonds is 4. The molecule has 0 fully saturated rings. The van der Waals surface area contributed by atoms with Gasteiger partial charge < -0.3 is 14.9 Å². The van der Waals surface area contributed by atoms with Crippen LogP contribution in [-0.4, -0.2) is 27.3 Å². The standard InChI is InChI=1S/C14H11Cl2NO4/c1-7(14(19)20)21-11-4-2-3-9(13(11)18)12-10(16)5-8(15)6-17-12/h2-7,18H,1H3,(H,19,20). The van der Waals surface area contributed by atoms with Crippen LogP contribution in [-0.2, 0) is 4.79 Å². The lowest BCUT2D eigenvalue weighted by molar-refractivity contribution is -0.144. The molecule has 0 aliphatic heterocycles. The van der Waals surface area contributed by atoms with Gasteiger partial charge in [0.15, 0.2) is 17.6 Å². The third-order valence-corrected chi connectivity index (χ3v) is 3.21. The van der Waals surface area contributed by atoms with Gasteiger partial charge in [0.05, 0.1) is 15.7 Å². The highest BCUT2D eigenvalue weighted by atomic mass is 35.5. The lowest BCUT2D eigenvalue weighted by Crippen LogP contribution is -2.22. The highest BCUT2D eigenvalue weighted by molar-refractivity contribution is 6.36. The first-order valence-electron chi connectivity index (χ1n) is 5.93. The molecule has 1 aromatic heterocycles. The molecule has 2 rings (SSSR count). The molecule has 0 amide bonds. The number of benzene rings is 1. The van der Waals surface area contributed by atoms with Crippen LogP contribution in [0.15, 0.2) is 30.5 Å². The highest BCUT2D eigenvalue weighted by Crippen LogP contribution is 2.39. The van der Waals surface area contributed by atoms with E-state index in [0.717, 1.165) is 0 Å². The predicted octanol–water partition coefficient (Wildman–Crippen LogP) is 3.61. The van der Waals surface area contributed by atoms with Crippen LogP contribution in [0.3, 0.4) is 0 Å². The molecule has 0 saturated carbocycles. The number of pyridine rings is 1. The van der Waals surface area contributed by atoms with Gasteiger partial charge in [-0.05, 0) is 25.1 Å². The van der Waals surface area contributed by atoms with Crippen molar-refractivity contribution in [1.29, 1.82) is 0 Å². The molecule has 1 aromatic carbocycles. The number of aromatic nitrogens is 1. The van der Waals surface area contributed by atoms with E-state index in [0.29, 0.717) is 16.3 Å². The highest BCUT2D eigenvalue weighted by Gasteiger charge is 2.18. The second kappa shape index (κ2) is 6.20. The Labute approximate surface area is 130 Å². The maximum absolute atomic E-state index is 10.8. The number of nitrogens with zero attached hydrogens (tertiary/aromatic N) is 1. The summed E-state index contributed by atoms with van der Waals surface area (Å²) in [5.74, 6) is -1.33. The molecule has 5 nitrogen and oxygen atoms in total. The monoisotopic (exact) mass is 327 g/mol. The van der Waals surface area contributed by atoms with Crippen LogP contribution < -0.4 is 4.74 Å². The van der Waals surface area contributed by atoms with Crippen molar-refractivity contribution in [2.75, 3.05) is 0 Å². The number of carboxylic acids is 1. The van der Waals surface area contributed by atoms with Crippen molar-refractivity contribution in [1.82, 2.24) is 4.98 Å². The van der Waals surface area contributed by atoms with E-state index in [9.17, 15) is 9.90 Å². The minimum Gasteiger partial charge on any atom is -0.504 e. The lowest BCUT2D eigenvalue weighted by atomic mass is 10.1. The summed E-state index contributed by atoms with van der Waals surface area (Å²) < 4.78 is 5.19. The summed E-state index contributed by atoms with van der Waals surface area (Å²) in [7, 11) is 0. The van der Waals surface area contributed by atoms with Crippen molar-refractivity contribution in [3.8, 4) is 22.8 Å². The lowest BCUT2D eigenvalue weighted by Gasteiger charge is -2.14.